The fourth-order valence-electron chi connectivity index (χ4n) is 2.42. The van der Waals surface area contributed by atoms with E-state index in [0.29, 0.717) is 11.3 Å². The number of benzene rings is 1. The lowest BCUT2D eigenvalue weighted by Gasteiger charge is -2.07. The van der Waals surface area contributed by atoms with Crippen LogP contribution in [0.4, 0.5) is 0 Å². The highest BCUT2D eigenvalue weighted by atomic mass is 16.4. The summed E-state index contributed by atoms with van der Waals surface area (Å²) < 4.78 is 10.7. The normalized spacial score (nSPS) is 11.0. The Balaban J connectivity index is 1.80. The van der Waals surface area contributed by atoms with Gasteiger partial charge in [0.25, 0.3) is 5.91 Å². The Hall–Kier alpha value is -4.05. The van der Waals surface area contributed by atoms with Crippen molar-refractivity contribution >= 4 is 18.0 Å². The van der Waals surface area contributed by atoms with Crippen molar-refractivity contribution in [2.75, 3.05) is 0 Å². The Morgan fingerprint density at radius 2 is 1.96 bits per heavy atom. The summed E-state index contributed by atoms with van der Waals surface area (Å²) in [5, 5.41) is 23.0. The molecule has 1 aromatic carbocycles. The lowest BCUT2D eigenvalue weighted by molar-refractivity contribution is -0.254. The Morgan fingerprint density at radius 1 is 1.15 bits per heavy atom. The van der Waals surface area contributed by atoms with Gasteiger partial charge in [-0.2, -0.15) is 5.26 Å². The van der Waals surface area contributed by atoms with Crippen molar-refractivity contribution in [2.24, 2.45) is 0 Å². The summed E-state index contributed by atoms with van der Waals surface area (Å²) in [6.07, 6.45) is 2.76. The first-order valence-electron chi connectivity index (χ1n) is 7.91. The van der Waals surface area contributed by atoms with E-state index < -0.39 is 11.9 Å². The van der Waals surface area contributed by atoms with Crippen molar-refractivity contribution in [2.45, 2.75) is 6.54 Å². The van der Waals surface area contributed by atoms with Gasteiger partial charge < -0.3 is 24.1 Å². The third-order valence-corrected chi connectivity index (χ3v) is 3.69. The van der Waals surface area contributed by atoms with Gasteiger partial charge in [-0.3, -0.25) is 4.79 Å². The number of hydrogen-bond acceptors (Lipinski definition) is 6. The molecule has 0 saturated carbocycles. The molecule has 0 aliphatic rings. The van der Waals surface area contributed by atoms with E-state index >= 15 is 0 Å². The maximum Gasteiger partial charge on any atom is 0.262 e. The van der Waals surface area contributed by atoms with E-state index in [2.05, 4.69) is 5.32 Å². The van der Waals surface area contributed by atoms with Gasteiger partial charge >= 0.3 is 0 Å². The summed E-state index contributed by atoms with van der Waals surface area (Å²) in [6.45, 7) is 0.146. The van der Waals surface area contributed by atoms with Crippen molar-refractivity contribution in [3.8, 4) is 17.4 Å². The first-order valence-corrected chi connectivity index (χ1v) is 7.91. The van der Waals surface area contributed by atoms with Crippen molar-refractivity contribution < 1.29 is 23.5 Å². The van der Waals surface area contributed by atoms with Crippen LogP contribution in [0, 0.1) is 11.3 Å². The number of carbonyl (C=O) groups is 2. The average molecular weight is 361 g/mol. The highest BCUT2D eigenvalue weighted by molar-refractivity contribution is 6.01. The maximum atomic E-state index is 12.1. The molecule has 2 heterocycles. The van der Waals surface area contributed by atoms with E-state index in [4.69, 9.17) is 8.83 Å². The summed E-state index contributed by atoms with van der Waals surface area (Å²) in [5.74, 6) is -0.826. The fourth-order valence-corrected chi connectivity index (χ4v) is 2.42. The van der Waals surface area contributed by atoms with Crippen molar-refractivity contribution in [3.05, 3.63) is 77.5 Å². The molecule has 0 aliphatic carbocycles. The van der Waals surface area contributed by atoms with Gasteiger partial charge in [0.2, 0.25) is 0 Å². The van der Waals surface area contributed by atoms with Crippen LogP contribution in [0.15, 0.2) is 69.2 Å². The molecule has 1 N–H and O–H groups in total. The van der Waals surface area contributed by atoms with E-state index in [1.807, 2.05) is 6.07 Å². The number of carboxylic acid groups (broad SMARTS) is 1. The second-order valence-electron chi connectivity index (χ2n) is 5.47. The van der Waals surface area contributed by atoms with Crippen molar-refractivity contribution in [3.63, 3.8) is 0 Å². The average Bonchev–Trinajstić information content (AvgIpc) is 3.36. The Morgan fingerprint density at radius 3 is 2.67 bits per heavy atom. The van der Waals surface area contributed by atoms with Gasteiger partial charge in [0.15, 0.2) is 0 Å². The summed E-state index contributed by atoms with van der Waals surface area (Å²) in [4.78, 5) is 23.3. The van der Waals surface area contributed by atoms with Gasteiger partial charge in [-0.15, -0.1) is 0 Å². The van der Waals surface area contributed by atoms with Gasteiger partial charge in [-0.25, -0.2) is 0 Å². The van der Waals surface area contributed by atoms with E-state index in [0.717, 1.165) is 0 Å². The minimum Gasteiger partial charge on any atom is -0.545 e. The highest BCUT2D eigenvalue weighted by Gasteiger charge is 2.13. The van der Waals surface area contributed by atoms with Gasteiger partial charge in [0, 0.05) is 17.2 Å². The SMILES string of the molecule is N#C/C(=C\c1ccc(-c2ccccc2C(=O)[O-])o1)C(=O)NCc1ccco1. The van der Waals surface area contributed by atoms with Crippen LogP contribution in [-0.2, 0) is 11.3 Å². The standard InChI is InChI=1S/C20H14N2O5/c21-11-13(19(23)22-12-15-4-3-9-26-15)10-14-7-8-18(27-14)16-5-1-2-6-17(16)20(24)25/h1-10H,12H2,(H,22,23)(H,24,25)/p-1/b13-10+. The van der Waals surface area contributed by atoms with Crippen LogP contribution in [0.2, 0.25) is 0 Å². The van der Waals surface area contributed by atoms with Crippen molar-refractivity contribution in [1.29, 1.82) is 5.26 Å². The van der Waals surface area contributed by atoms with E-state index in [1.54, 1.807) is 42.5 Å². The zero-order valence-corrected chi connectivity index (χ0v) is 14.0. The monoisotopic (exact) mass is 361 g/mol. The largest absolute Gasteiger partial charge is 0.545 e. The van der Waals surface area contributed by atoms with E-state index in [-0.39, 0.29) is 29.2 Å². The predicted molar refractivity (Wildman–Crippen MR) is 92.6 cm³/mol. The number of rotatable bonds is 6. The zero-order valence-electron chi connectivity index (χ0n) is 14.0. The minimum atomic E-state index is -1.32. The van der Waals surface area contributed by atoms with Crippen LogP contribution in [0.1, 0.15) is 21.9 Å². The van der Waals surface area contributed by atoms with Gasteiger partial charge in [0.1, 0.15) is 28.9 Å². The number of aromatic carboxylic acids is 1. The van der Waals surface area contributed by atoms with Crippen LogP contribution in [0.25, 0.3) is 17.4 Å². The Bertz CT molecular complexity index is 1040. The number of hydrogen-bond donors (Lipinski definition) is 1. The third-order valence-electron chi connectivity index (χ3n) is 3.69. The maximum absolute atomic E-state index is 12.1. The molecule has 27 heavy (non-hydrogen) atoms. The molecular weight excluding hydrogens is 348 g/mol. The Labute approximate surface area is 154 Å². The van der Waals surface area contributed by atoms with Crippen LogP contribution < -0.4 is 10.4 Å². The summed E-state index contributed by atoms with van der Waals surface area (Å²) in [6, 6.07) is 14.5. The van der Waals surface area contributed by atoms with Crippen LogP contribution in [0.5, 0.6) is 0 Å². The smallest absolute Gasteiger partial charge is 0.262 e. The number of carboxylic acids is 1. The lowest BCUT2D eigenvalue weighted by Crippen LogP contribution is -2.23. The number of amides is 1. The molecule has 0 spiro atoms. The molecule has 0 fully saturated rings. The quantitative estimate of drug-likeness (QED) is 0.530. The minimum absolute atomic E-state index is 0.0147. The van der Waals surface area contributed by atoms with Gasteiger partial charge in [-0.05, 0) is 24.3 Å². The van der Waals surface area contributed by atoms with Gasteiger partial charge in [-0.1, -0.05) is 24.3 Å². The molecule has 0 radical (unpaired) electrons. The molecule has 0 aliphatic heterocycles. The fraction of sp³-hybridized carbons (Fsp3) is 0.0500. The zero-order chi connectivity index (χ0) is 19.2. The molecular formula is C20H13N2O5-. The lowest BCUT2D eigenvalue weighted by atomic mass is 10.1. The molecule has 0 bridgehead atoms. The molecule has 7 heteroatoms. The second kappa shape index (κ2) is 7.89. The van der Waals surface area contributed by atoms with Crippen LogP contribution in [-0.4, -0.2) is 11.9 Å². The molecule has 2 aromatic heterocycles. The number of nitrogens with zero attached hydrogens (tertiary/aromatic N) is 1. The number of furan rings is 2. The van der Waals surface area contributed by atoms with E-state index in [1.165, 1.54) is 18.4 Å². The van der Waals surface area contributed by atoms with Crippen LogP contribution >= 0.6 is 0 Å². The van der Waals surface area contributed by atoms with Crippen LogP contribution in [0.3, 0.4) is 0 Å². The predicted octanol–water partition coefficient (Wildman–Crippen LogP) is 2.13. The Kier molecular flexibility index (Phi) is 5.19. The number of nitrogens with one attached hydrogen (secondary N) is 1. The highest BCUT2D eigenvalue weighted by Crippen LogP contribution is 2.26. The summed E-state index contributed by atoms with van der Waals surface area (Å²) in [7, 11) is 0. The van der Waals surface area contributed by atoms with Crippen molar-refractivity contribution in [1.82, 2.24) is 5.32 Å². The molecule has 0 unspecified atom stereocenters. The number of carbonyl (C=O) groups excluding carboxylic acids is 2. The summed E-state index contributed by atoms with van der Waals surface area (Å²) in [5.41, 5.74) is 0.174. The molecule has 3 rings (SSSR count). The molecule has 7 nitrogen and oxygen atoms in total. The van der Waals surface area contributed by atoms with E-state index in [9.17, 15) is 20.0 Å². The molecule has 0 atom stereocenters. The molecule has 0 saturated heterocycles. The second-order valence-corrected chi connectivity index (χ2v) is 5.47. The third kappa shape index (κ3) is 4.14. The molecule has 134 valence electrons. The number of nitriles is 1. The first-order chi connectivity index (χ1) is 13.1. The topological polar surface area (TPSA) is 119 Å². The molecule has 3 aromatic rings. The first kappa shape index (κ1) is 17.8. The van der Waals surface area contributed by atoms with Gasteiger partial charge in [0.05, 0.1) is 18.8 Å². The molecule has 1 amide bonds. The summed E-state index contributed by atoms with van der Waals surface area (Å²) >= 11 is 0.